The van der Waals surface area contributed by atoms with Crippen LogP contribution >= 0.6 is 0 Å². The van der Waals surface area contributed by atoms with Crippen LogP contribution in [-0.4, -0.2) is 54.9 Å². The highest BCUT2D eigenvalue weighted by Crippen LogP contribution is 2.14. The third kappa shape index (κ3) is 4.24. The third-order valence-corrected chi connectivity index (χ3v) is 3.26. The topological polar surface area (TPSA) is 61.9 Å². The molecule has 1 atom stereocenters. The Morgan fingerprint density at radius 1 is 1.59 bits per heavy atom. The van der Waals surface area contributed by atoms with E-state index >= 15 is 0 Å². The monoisotopic (exact) mass is 240 g/mol. The lowest BCUT2D eigenvalue weighted by Gasteiger charge is -2.31. The van der Waals surface area contributed by atoms with Crippen LogP contribution in [0.3, 0.4) is 0 Å². The SMILES string of the molecule is CCN(C)C(=O)CN=C(N)N1CCCC(C)C1. The predicted molar refractivity (Wildman–Crippen MR) is 69.8 cm³/mol. The number of likely N-dealkylation sites (N-methyl/N-ethyl adjacent to an activating group) is 1. The molecule has 1 amide bonds. The lowest BCUT2D eigenvalue weighted by molar-refractivity contribution is -0.128. The van der Waals surface area contributed by atoms with Crippen molar-refractivity contribution in [1.82, 2.24) is 9.80 Å². The number of guanidine groups is 1. The van der Waals surface area contributed by atoms with Gasteiger partial charge in [0.2, 0.25) is 5.91 Å². The quantitative estimate of drug-likeness (QED) is 0.577. The third-order valence-electron chi connectivity index (χ3n) is 3.26. The fourth-order valence-electron chi connectivity index (χ4n) is 1.94. The number of piperidine rings is 1. The van der Waals surface area contributed by atoms with Gasteiger partial charge in [-0.25, -0.2) is 4.99 Å². The van der Waals surface area contributed by atoms with E-state index in [1.54, 1.807) is 11.9 Å². The average molecular weight is 240 g/mol. The maximum atomic E-state index is 11.6. The molecule has 5 heteroatoms. The molecule has 2 N–H and O–H groups in total. The summed E-state index contributed by atoms with van der Waals surface area (Å²) in [7, 11) is 1.77. The van der Waals surface area contributed by atoms with Crippen LogP contribution in [0, 0.1) is 5.92 Å². The molecule has 0 radical (unpaired) electrons. The van der Waals surface area contributed by atoms with Crippen molar-refractivity contribution in [2.24, 2.45) is 16.6 Å². The zero-order chi connectivity index (χ0) is 12.8. The number of carbonyl (C=O) groups excluding carboxylic acids is 1. The van der Waals surface area contributed by atoms with Crippen LogP contribution in [-0.2, 0) is 4.79 Å². The highest BCUT2D eigenvalue weighted by molar-refractivity contribution is 5.84. The Labute approximate surface area is 104 Å². The number of carbonyl (C=O) groups is 1. The second kappa shape index (κ2) is 6.47. The first-order valence-corrected chi connectivity index (χ1v) is 6.33. The molecule has 1 heterocycles. The minimum absolute atomic E-state index is 0.0144. The van der Waals surface area contributed by atoms with Crippen molar-refractivity contribution in [3.8, 4) is 0 Å². The molecule has 1 aliphatic rings. The smallest absolute Gasteiger partial charge is 0.244 e. The molecule has 1 rings (SSSR count). The number of aliphatic imine (C=N–C) groups is 1. The van der Waals surface area contributed by atoms with Crippen LogP contribution in [0.2, 0.25) is 0 Å². The molecule has 0 bridgehead atoms. The maximum absolute atomic E-state index is 11.6. The van der Waals surface area contributed by atoms with E-state index in [1.807, 2.05) is 6.92 Å². The van der Waals surface area contributed by atoms with Gasteiger partial charge in [-0.3, -0.25) is 4.79 Å². The number of amides is 1. The van der Waals surface area contributed by atoms with Crippen LogP contribution in [0.5, 0.6) is 0 Å². The van der Waals surface area contributed by atoms with E-state index in [2.05, 4.69) is 16.8 Å². The number of nitrogens with zero attached hydrogens (tertiary/aromatic N) is 3. The Hall–Kier alpha value is -1.26. The lowest BCUT2D eigenvalue weighted by atomic mass is 10.0. The number of nitrogens with two attached hydrogens (primary N) is 1. The Kier molecular flexibility index (Phi) is 5.25. The molecule has 0 aromatic rings. The largest absolute Gasteiger partial charge is 0.370 e. The van der Waals surface area contributed by atoms with Crippen molar-refractivity contribution in [2.45, 2.75) is 26.7 Å². The number of rotatable bonds is 3. The van der Waals surface area contributed by atoms with Gasteiger partial charge in [0.15, 0.2) is 5.96 Å². The van der Waals surface area contributed by atoms with Crippen LogP contribution in [0.15, 0.2) is 4.99 Å². The van der Waals surface area contributed by atoms with Gasteiger partial charge in [-0.2, -0.15) is 0 Å². The second-order valence-electron chi connectivity index (χ2n) is 4.78. The summed E-state index contributed by atoms with van der Waals surface area (Å²) < 4.78 is 0. The summed E-state index contributed by atoms with van der Waals surface area (Å²) in [6, 6.07) is 0. The van der Waals surface area contributed by atoms with Gasteiger partial charge < -0.3 is 15.5 Å². The Bertz CT molecular complexity index is 290. The van der Waals surface area contributed by atoms with E-state index < -0.39 is 0 Å². The van der Waals surface area contributed by atoms with Gasteiger partial charge in [-0.15, -0.1) is 0 Å². The minimum Gasteiger partial charge on any atom is -0.370 e. The van der Waals surface area contributed by atoms with Crippen molar-refractivity contribution in [3.05, 3.63) is 0 Å². The van der Waals surface area contributed by atoms with Gasteiger partial charge in [0.05, 0.1) is 0 Å². The standard InChI is InChI=1S/C12H24N4O/c1-4-15(3)11(17)8-14-12(13)16-7-5-6-10(2)9-16/h10H,4-9H2,1-3H3,(H2,13,14). The number of hydrogen-bond donors (Lipinski definition) is 1. The molecule has 1 saturated heterocycles. The predicted octanol–water partition coefficient (Wildman–Crippen LogP) is 0.511. The molecular formula is C12H24N4O. The first-order valence-electron chi connectivity index (χ1n) is 6.33. The fourth-order valence-corrected chi connectivity index (χ4v) is 1.94. The Morgan fingerprint density at radius 2 is 2.29 bits per heavy atom. The molecule has 0 aromatic heterocycles. The fraction of sp³-hybridized carbons (Fsp3) is 0.833. The summed E-state index contributed by atoms with van der Waals surface area (Å²) in [5.41, 5.74) is 5.91. The van der Waals surface area contributed by atoms with Gasteiger partial charge >= 0.3 is 0 Å². The summed E-state index contributed by atoms with van der Waals surface area (Å²) in [5, 5.41) is 0. The molecule has 1 fully saturated rings. The first-order chi connectivity index (χ1) is 8.04. The highest BCUT2D eigenvalue weighted by Gasteiger charge is 2.17. The molecule has 98 valence electrons. The van der Waals surface area contributed by atoms with Crippen molar-refractivity contribution in [3.63, 3.8) is 0 Å². The van der Waals surface area contributed by atoms with Gasteiger partial charge in [0.25, 0.3) is 0 Å². The summed E-state index contributed by atoms with van der Waals surface area (Å²) >= 11 is 0. The molecule has 0 aromatic carbocycles. The van der Waals surface area contributed by atoms with Gasteiger partial charge in [-0.05, 0) is 25.7 Å². The van der Waals surface area contributed by atoms with Gasteiger partial charge in [0.1, 0.15) is 6.54 Å². The van der Waals surface area contributed by atoms with Crippen LogP contribution in [0.4, 0.5) is 0 Å². The van der Waals surface area contributed by atoms with Gasteiger partial charge in [0, 0.05) is 26.7 Å². The van der Waals surface area contributed by atoms with E-state index in [1.165, 1.54) is 6.42 Å². The summed E-state index contributed by atoms with van der Waals surface area (Å²) in [6.45, 7) is 6.92. The molecule has 5 nitrogen and oxygen atoms in total. The van der Waals surface area contributed by atoms with Gasteiger partial charge in [-0.1, -0.05) is 6.92 Å². The average Bonchev–Trinajstić information content (AvgIpc) is 2.34. The van der Waals surface area contributed by atoms with Crippen molar-refractivity contribution in [1.29, 1.82) is 0 Å². The molecule has 0 spiro atoms. The maximum Gasteiger partial charge on any atom is 0.244 e. The zero-order valence-corrected chi connectivity index (χ0v) is 11.1. The van der Waals surface area contributed by atoms with E-state index in [4.69, 9.17) is 5.73 Å². The summed E-state index contributed by atoms with van der Waals surface area (Å²) in [6.07, 6.45) is 2.40. The van der Waals surface area contributed by atoms with Crippen molar-refractivity contribution < 1.29 is 4.79 Å². The Balaban J connectivity index is 2.45. The lowest BCUT2D eigenvalue weighted by Crippen LogP contribution is -2.44. The molecule has 0 saturated carbocycles. The van der Waals surface area contributed by atoms with E-state index in [-0.39, 0.29) is 12.5 Å². The van der Waals surface area contributed by atoms with Crippen molar-refractivity contribution in [2.75, 3.05) is 33.2 Å². The number of likely N-dealkylation sites (tertiary alicyclic amines) is 1. The van der Waals surface area contributed by atoms with Crippen LogP contribution in [0.1, 0.15) is 26.7 Å². The van der Waals surface area contributed by atoms with Crippen LogP contribution < -0.4 is 5.73 Å². The number of hydrogen-bond acceptors (Lipinski definition) is 2. The minimum atomic E-state index is 0.0144. The summed E-state index contributed by atoms with van der Waals surface area (Å²) in [5.74, 6) is 1.18. The normalized spacial score (nSPS) is 21.5. The highest BCUT2D eigenvalue weighted by atomic mass is 16.2. The molecule has 0 aliphatic carbocycles. The van der Waals surface area contributed by atoms with Crippen LogP contribution in [0.25, 0.3) is 0 Å². The molecular weight excluding hydrogens is 216 g/mol. The van der Waals surface area contributed by atoms with E-state index in [9.17, 15) is 4.79 Å². The second-order valence-corrected chi connectivity index (χ2v) is 4.78. The molecule has 17 heavy (non-hydrogen) atoms. The summed E-state index contributed by atoms with van der Waals surface area (Å²) in [4.78, 5) is 19.5. The van der Waals surface area contributed by atoms with Crippen molar-refractivity contribution >= 4 is 11.9 Å². The van der Waals surface area contributed by atoms with E-state index in [0.29, 0.717) is 18.4 Å². The Morgan fingerprint density at radius 3 is 2.88 bits per heavy atom. The first kappa shape index (κ1) is 13.8. The zero-order valence-electron chi connectivity index (χ0n) is 11.1. The molecule has 1 aliphatic heterocycles. The van der Waals surface area contributed by atoms with E-state index in [0.717, 1.165) is 19.5 Å². The molecule has 1 unspecified atom stereocenters.